The molecule has 0 aliphatic heterocycles. The topological polar surface area (TPSA) is 22.4 Å². The lowest BCUT2D eigenvalue weighted by molar-refractivity contribution is -0.137. The first-order valence-electron chi connectivity index (χ1n) is 8.76. The molecule has 3 aromatic carbocycles. The number of fused-ring (bicyclic) bond motifs is 1. The summed E-state index contributed by atoms with van der Waals surface area (Å²) in [6.45, 7) is 0. The number of benzene rings is 3. The van der Waals surface area contributed by atoms with Crippen LogP contribution in [0.1, 0.15) is 16.7 Å². The van der Waals surface area contributed by atoms with E-state index in [9.17, 15) is 13.2 Å². The highest BCUT2D eigenvalue weighted by Crippen LogP contribution is 2.38. The van der Waals surface area contributed by atoms with Crippen LogP contribution in [-0.4, -0.2) is 7.11 Å². The summed E-state index contributed by atoms with van der Waals surface area (Å²) in [6.07, 6.45) is -3.87. The largest absolute Gasteiger partial charge is 0.497 e. The standard InChI is InChI=1S/C23H17F3O2/c1-27-18-11-9-15(10-12-18)13-20-19-7-2-3-8-21(19)28-22(20)16-5-4-6-17(14-16)23(24,25)26/h2-12,14H,13H2,1H3. The smallest absolute Gasteiger partial charge is 0.416 e. The van der Waals surface area contributed by atoms with Gasteiger partial charge in [-0.2, -0.15) is 13.2 Å². The zero-order chi connectivity index (χ0) is 19.7. The zero-order valence-corrected chi connectivity index (χ0v) is 15.1. The van der Waals surface area contributed by atoms with Crippen molar-refractivity contribution in [1.29, 1.82) is 0 Å². The van der Waals surface area contributed by atoms with Crippen molar-refractivity contribution in [1.82, 2.24) is 0 Å². The van der Waals surface area contributed by atoms with Gasteiger partial charge >= 0.3 is 6.18 Å². The Hall–Kier alpha value is -3.21. The van der Waals surface area contributed by atoms with E-state index in [0.29, 0.717) is 23.3 Å². The Morgan fingerprint density at radius 3 is 2.36 bits per heavy atom. The maximum Gasteiger partial charge on any atom is 0.416 e. The fourth-order valence-corrected chi connectivity index (χ4v) is 3.29. The number of hydrogen-bond donors (Lipinski definition) is 0. The van der Waals surface area contributed by atoms with Crippen molar-refractivity contribution in [2.75, 3.05) is 7.11 Å². The van der Waals surface area contributed by atoms with Crippen LogP contribution >= 0.6 is 0 Å². The quantitative estimate of drug-likeness (QED) is 0.391. The van der Waals surface area contributed by atoms with Crippen molar-refractivity contribution in [3.63, 3.8) is 0 Å². The first-order valence-corrected chi connectivity index (χ1v) is 8.76. The van der Waals surface area contributed by atoms with Crippen LogP contribution in [0, 0.1) is 0 Å². The first-order chi connectivity index (χ1) is 13.5. The Morgan fingerprint density at radius 2 is 1.64 bits per heavy atom. The molecule has 0 unspecified atom stereocenters. The van der Waals surface area contributed by atoms with Crippen LogP contribution in [0.5, 0.6) is 5.75 Å². The van der Waals surface area contributed by atoms with Gasteiger partial charge in [-0.3, -0.25) is 0 Å². The van der Waals surface area contributed by atoms with Crippen LogP contribution in [0.2, 0.25) is 0 Å². The van der Waals surface area contributed by atoms with E-state index in [-0.39, 0.29) is 0 Å². The fourth-order valence-electron chi connectivity index (χ4n) is 3.29. The summed E-state index contributed by atoms with van der Waals surface area (Å²) in [5.41, 5.74) is 2.24. The van der Waals surface area contributed by atoms with E-state index in [0.717, 1.165) is 34.4 Å². The van der Waals surface area contributed by atoms with Gasteiger partial charge in [0.15, 0.2) is 0 Å². The Kier molecular flexibility index (Phi) is 4.59. The average Bonchev–Trinajstić information content (AvgIpc) is 3.07. The van der Waals surface area contributed by atoms with E-state index >= 15 is 0 Å². The van der Waals surface area contributed by atoms with Gasteiger partial charge in [-0.25, -0.2) is 0 Å². The molecule has 0 N–H and O–H groups in total. The van der Waals surface area contributed by atoms with E-state index in [1.165, 1.54) is 6.07 Å². The van der Waals surface area contributed by atoms with E-state index in [1.54, 1.807) is 13.2 Å². The van der Waals surface area contributed by atoms with Gasteiger partial charge in [-0.05, 0) is 35.9 Å². The minimum atomic E-state index is -4.40. The normalized spacial score (nSPS) is 11.7. The predicted molar refractivity (Wildman–Crippen MR) is 102 cm³/mol. The number of rotatable bonds is 4. The van der Waals surface area contributed by atoms with Crippen LogP contribution in [0.25, 0.3) is 22.3 Å². The van der Waals surface area contributed by atoms with Gasteiger partial charge < -0.3 is 9.15 Å². The highest BCUT2D eigenvalue weighted by Gasteiger charge is 2.31. The Balaban J connectivity index is 1.83. The molecule has 2 nitrogen and oxygen atoms in total. The monoisotopic (exact) mass is 382 g/mol. The highest BCUT2D eigenvalue weighted by atomic mass is 19.4. The van der Waals surface area contributed by atoms with Crippen molar-refractivity contribution in [3.8, 4) is 17.1 Å². The minimum Gasteiger partial charge on any atom is -0.497 e. The highest BCUT2D eigenvalue weighted by molar-refractivity contribution is 5.88. The van der Waals surface area contributed by atoms with Crippen molar-refractivity contribution < 1.29 is 22.3 Å². The number of alkyl halides is 3. The van der Waals surface area contributed by atoms with Gasteiger partial charge in [-0.15, -0.1) is 0 Å². The van der Waals surface area contributed by atoms with Gasteiger partial charge in [0.25, 0.3) is 0 Å². The summed E-state index contributed by atoms with van der Waals surface area (Å²) in [5.74, 6) is 1.21. The second kappa shape index (κ2) is 7.08. The summed E-state index contributed by atoms with van der Waals surface area (Å²) < 4.78 is 50.7. The van der Waals surface area contributed by atoms with Crippen LogP contribution in [0.4, 0.5) is 13.2 Å². The maximum atomic E-state index is 13.2. The van der Waals surface area contributed by atoms with Gasteiger partial charge in [0, 0.05) is 22.9 Å². The third kappa shape index (κ3) is 3.48. The van der Waals surface area contributed by atoms with Gasteiger partial charge in [0.2, 0.25) is 0 Å². The number of halogens is 3. The third-order valence-electron chi connectivity index (χ3n) is 4.69. The molecule has 0 saturated carbocycles. The number of methoxy groups -OCH3 is 1. The van der Waals surface area contributed by atoms with Crippen molar-refractivity contribution in [2.45, 2.75) is 12.6 Å². The molecule has 0 saturated heterocycles. The van der Waals surface area contributed by atoms with E-state index < -0.39 is 11.7 Å². The lowest BCUT2D eigenvalue weighted by atomic mass is 9.98. The molecule has 1 aromatic heterocycles. The average molecular weight is 382 g/mol. The van der Waals surface area contributed by atoms with E-state index in [2.05, 4.69) is 0 Å². The van der Waals surface area contributed by atoms with Crippen LogP contribution in [0.15, 0.2) is 77.2 Å². The lowest BCUT2D eigenvalue weighted by Gasteiger charge is -2.09. The molecule has 1 heterocycles. The molecule has 28 heavy (non-hydrogen) atoms. The van der Waals surface area contributed by atoms with Crippen LogP contribution in [0.3, 0.4) is 0 Å². The van der Waals surface area contributed by atoms with Gasteiger partial charge in [0.1, 0.15) is 17.1 Å². The zero-order valence-electron chi connectivity index (χ0n) is 15.1. The van der Waals surface area contributed by atoms with E-state index in [1.807, 2.05) is 48.5 Å². The molecule has 0 atom stereocenters. The summed E-state index contributed by atoms with van der Waals surface area (Å²) in [7, 11) is 1.60. The van der Waals surface area contributed by atoms with Crippen molar-refractivity contribution in [2.24, 2.45) is 0 Å². The molecule has 142 valence electrons. The molecule has 4 rings (SSSR count). The number of para-hydroxylation sites is 1. The molecule has 0 spiro atoms. The maximum absolute atomic E-state index is 13.2. The molecule has 4 aromatic rings. The molecule has 0 aliphatic carbocycles. The molecule has 0 radical (unpaired) electrons. The van der Waals surface area contributed by atoms with Gasteiger partial charge in [0.05, 0.1) is 12.7 Å². The molecule has 0 fully saturated rings. The Bertz CT molecular complexity index is 1110. The molecule has 0 bridgehead atoms. The molecule has 5 heteroatoms. The Morgan fingerprint density at radius 1 is 0.893 bits per heavy atom. The molecule has 0 aliphatic rings. The minimum absolute atomic E-state index is 0.412. The molecular formula is C23H17F3O2. The lowest BCUT2D eigenvalue weighted by Crippen LogP contribution is -2.04. The number of ether oxygens (including phenoxy) is 1. The third-order valence-corrected chi connectivity index (χ3v) is 4.69. The van der Waals surface area contributed by atoms with Crippen LogP contribution < -0.4 is 4.74 Å². The SMILES string of the molecule is COc1ccc(Cc2c(-c3cccc(C(F)(F)F)c3)oc3ccccc23)cc1. The second-order valence-electron chi connectivity index (χ2n) is 6.51. The summed E-state index contributed by atoms with van der Waals surface area (Å²) >= 11 is 0. The summed E-state index contributed by atoms with van der Waals surface area (Å²) in [6, 6.07) is 20.3. The fraction of sp³-hybridized carbons (Fsp3) is 0.130. The van der Waals surface area contributed by atoms with Crippen molar-refractivity contribution >= 4 is 11.0 Å². The summed E-state index contributed by atoms with van der Waals surface area (Å²) in [5, 5.41) is 0.894. The Labute approximate surface area is 160 Å². The van der Waals surface area contributed by atoms with Gasteiger partial charge in [-0.1, -0.05) is 42.5 Å². The predicted octanol–water partition coefficient (Wildman–Crippen LogP) is 6.72. The number of furan rings is 1. The molecule has 0 amide bonds. The van der Waals surface area contributed by atoms with Crippen LogP contribution in [-0.2, 0) is 12.6 Å². The van der Waals surface area contributed by atoms with E-state index in [4.69, 9.17) is 9.15 Å². The summed E-state index contributed by atoms with van der Waals surface area (Å²) in [4.78, 5) is 0. The second-order valence-corrected chi connectivity index (χ2v) is 6.51. The molecular weight excluding hydrogens is 365 g/mol. The first kappa shape index (κ1) is 18.2. The van der Waals surface area contributed by atoms with Crippen molar-refractivity contribution in [3.05, 3.63) is 89.5 Å². The number of hydrogen-bond acceptors (Lipinski definition) is 2.